The van der Waals surface area contributed by atoms with E-state index in [1.54, 1.807) is 12.1 Å². The zero-order valence-corrected chi connectivity index (χ0v) is 9.01. The molecule has 0 fully saturated rings. The van der Waals surface area contributed by atoms with Gasteiger partial charge in [0.2, 0.25) is 0 Å². The molecule has 0 radical (unpaired) electrons. The second kappa shape index (κ2) is 4.76. The van der Waals surface area contributed by atoms with E-state index in [0.717, 1.165) is 17.8 Å². The van der Waals surface area contributed by atoms with E-state index in [1.165, 1.54) is 6.33 Å². The molecule has 0 spiro atoms. The van der Waals surface area contributed by atoms with E-state index in [9.17, 15) is 5.11 Å². The van der Waals surface area contributed by atoms with Gasteiger partial charge in [-0.1, -0.05) is 12.1 Å². The number of aromatic hydroxyl groups is 1. The number of H-pyrrole nitrogens is 1. The molecule has 0 aliphatic heterocycles. The first-order chi connectivity index (χ1) is 7.79. The van der Waals surface area contributed by atoms with Crippen LogP contribution in [0.5, 0.6) is 5.75 Å². The Balaban J connectivity index is 2.10. The Morgan fingerprint density at radius 1 is 1.38 bits per heavy atom. The van der Waals surface area contributed by atoms with Crippen LogP contribution in [0.15, 0.2) is 30.6 Å². The summed E-state index contributed by atoms with van der Waals surface area (Å²) in [5.41, 5.74) is 1.13. The molecular weight excluding hydrogens is 204 g/mol. The van der Waals surface area contributed by atoms with E-state index in [4.69, 9.17) is 0 Å². The molecule has 1 heterocycles. The van der Waals surface area contributed by atoms with E-state index in [0.29, 0.717) is 0 Å². The molecule has 0 bridgehead atoms. The maximum Gasteiger partial charge on any atom is 0.141 e. The number of benzene rings is 1. The van der Waals surface area contributed by atoms with Gasteiger partial charge in [-0.25, -0.2) is 4.98 Å². The third-order valence-electron chi connectivity index (χ3n) is 2.49. The van der Waals surface area contributed by atoms with Crippen LogP contribution < -0.4 is 5.32 Å². The third-order valence-corrected chi connectivity index (χ3v) is 2.49. The van der Waals surface area contributed by atoms with Crippen LogP contribution >= 0.6 is 0 Å². The van der Waals surface area contributed by atoms with Gasteiger partial charge in [0, 0.05) is 0 Å². The number of aromatic amines is 1. The number of rotatable bonds is 4. The minimum absolute atomic E-state index is 0.104. The number of hydrogen-bond acceptors (Lipinski definition) is 4. The average Bonchev–Trinajstić information content (AvgIpc) is 2.82. The Morgan fingerprint density at radius 2 is 2.12 bits per heavy atom. The van der Waals surface area contributed by atoms with E-state index in [1.807, 2.05) is 19.2 Å². The predicted octanol–water partition coefficient (Wildman–Crippen LogP) is 1.01. The van der Waals surface area contributed by atoms with Gasteiger partial charge in [0.05, 0.1) is 6.04 Å². The molecule has 1 unspecified atom stereocenters. The van der Waals surface area contributed by atoms with Crippen LogP contribution in [-0.2, 0) is 6.42 Å². The van der Waals surface area contributed by atoms with E-state index < -0.39 is 0 Å². The lowest BCUT2D eigenvalue weighted by molar-refractivity contribution is 0.474. The normalized spacial score (nSPS) is 12.6. The van der Waals surface area contributed by atoms with Crippen LogP contribution in [0.2, 0.25) is 0 Å². The summed E-state index contributed by atoms with van der Waals surface area (Å²) >= 11 is 0. The fourth-order valence-corrected chi connectivity index (χ4v) is 1.59. The Kier molecular flexibility index (Phi) is 3.16. The third kappa shape index (κ3) is 2.38. The van der Waals surface area contributed by atoms with Crippen molar-refractivity contribution in [2.24, 2.45) is 0 Å². The van der Waals surface area contributed by atoms with Gasteiger partial charge in [-0.15, -0.1) is 0 Å². The molecule has 0 saturated carbocycles. The Morgan fingerprint density at radius 3 is 2.69 bits per heavy atom. The summed E-state index contributed by atoms with van der Waals surface area (Å²) in [6.45, 7) is 0. The van der Waals surface area contributed by atoms with Crippen molar-refractivity contribution >= 4 is 0 Å². The maximum atomic E-state index is 9.19. The highest BCUT2D eigenvalue weighted by molar-refractivity contribution is 5.26. The van der Waals surface area contributed by atoms with Crippen molar-refractivity contribution in [1.29, 1.82) is 0 Å². The molecule has 84 valence electrons. The van der Waals surface area contributed by atoms with E-state index in [-0.39, 0.29) is 11.8 Å². The van der Waals surface area contributed by atoms with Crippen LogP contribution in [-0.4, -0.2) is 27.3 Å². The summed E-state index contributed by atoms with van der Waals surface area (Å²) in [7, 11) is 1.88. The summed E-state index contributed by atoms with van der Waals surface area (Å²) in [6, 6.07) is 7.27. The minimum Gasteiger partial charge on any atom is -0.508 e. The van der Waals surface area contributed by atoms with Crippen LogP contribution in [0.4, 0.5) is 0 Å². The van der Waals surface area contributed by atoms with Gasteiger partial charge in [-0.05, 0) is 31.2 Å². The van der Waals surface area contributed by atoms with Gasteiger partial charge in [0.1, 0.15) is 17.9 Å². The zero-order chi connectivity index (χ0) is 11.4. The molecule has 0 saturated heterocycles. The lowest BCUT2D eigenvalue weighted by Gasteiger charge is -2.12. The topological polar surface area (TPSA) is 73.8 Å². The molecule has 1 aromatic heterocycles. The first-order valence-electron chi connectivity index (χ1n) is 5.10. The highest BCUT2D eigenvalue weighted by Crippen LogP contribution is 2.16. The monoisotopic (exact) mass is 218 g/mol. The number of nitrogens with one attached hydrogen (secondary N) is 2. The fraction of sp³-hybridized carbons (Fsp3) is 0.273. The van der Waals surface area contributed by atoms with Crippen molar-refractivity contribution in [3.8, 4) is 5.75 Å². The Hall–Kier alpha value is -1.88. The van der Waals surface area contributed by atoms with Crippen molar-refractivity contribution in [2.75, 3.05) is 7.05 Å². The lowest BCUT2D eigenvalue weighted by atomic mass is 10.1. The summed E-state index contributed by atoms with van der Waals surface area (Å²) < 4.78 is 0. The van der Waals surface area contributed by atoms with Gasteiger partial charge in [-0.2, -0.15) is 5.10 Å². The molecule has 0 amide bonds. The molecule has 1 aromatic carbocycles. The SMILES string of the molecule is CNC(Cc1ccc(O)cc1)c1ncn[nH]1. The molecule has 0 aliphatic carbocycles. The summed E-state index contributed by atoms with van der Waals surface area (Å²) in [5, 5.41) is 19.0. The van der Waals surface area contributed by atoms with Gasteiger partial charge in [-0.3, -0.25) is 5.10 Å². The van der Waals surface area contributed by atoms with E-state index >= 15 is 0 Å². The highest BCUT2D eigenvalue weighted by atomic mass is 16.3. The Bertz CT molecular complexity index is 424. The largest absolute Gasteiger partial charge is 0.508 e. The first-order valence-corrected chi connectivity index (χ1v) is 5.10. The van der Waals surface area contributed by atoms with Gasteiger partial charge in [0.15, 0.2) is 0 Å². The summed E-state index contributed by atoms with van der Waals surface area (Å²) in [4.78, 5) is 4.12. The number of nitrogens with zero attached hydrogens (tertiary/aromatic N) is 2. The van der Waals surface area contributed by atoms with Crippen LogP contribution in [0.3, 0.4) is 0 Å². The van der Waals surface area contributed by atoms with E-state index in [2.05, 4.69) is 20.5 Å². The number of phenols is 1. The van der Waals surface area contributed by atoms with Crippen LogP contribution in [0.25, 0.3) is 0 Å². The molecule has 5 heteroatoms. The smallest absolute Gasteiger partial charge is 0.141 e. The molecule has 5 nitrogen and oxygen atoms in total. The fourth-order valence-electron chi connectivity index (χ4n) is 1.59. The number of phenolic OH excluding ortho intramolecular Hbond substituents is 1. The van der Waals surface area contributed by atoms with Crippen molar-refractivity contribution in [1.82, 2.24) is 20.5 Å². The van der Waals surface area contributed by atoms with Crippen LogP contribution in [0.1, 0.15) is 17.4 Å². The highest BCUT2D eigenvalue weighted by Gasteiger charge is 2.12. The molecule has 2 aromatic rings. The molecule has 16 heavy (non-hydrogen) atoms. The minimum atomic E-state index is 0.104. The van der Waals surface area contributed by atoms with Crippen molar-refractivity contribution < 1.29 is 5.11 Å². The van der Waals surface area contributed by atoms with Crippen LogP contribution in [0, 0.1) is 0 Å². The number of aromatic nitrogens is 3. The molecule has 1 atom stereocenters. The number of hydrogen-bond donors (Lipinski definition) is 3. The zero-order valence-electron chi connectivity index (χ0n) is 9.01. The second-order valence-electron chi connectivity index (χ2n) is 3.58. The Labute approximate surface area is 93.5 Å². The van der Waals surface area contributed by atoms with Gasteiger partial charge in [0.25, 0.3) is 0 Å². The molecule has 2 rings (SSSR count). The van der Waals surface area contributed by atoms with Crippen molar-refractivity contribution in [2.45, 2.75) is 12.5 Å². The van der Waals surface area contributed by atoms with Crippen molar-refractivity contribution in [3.63, 3.8) is 0 Å². The summed E-state index contributed by atoms with van der Waals surface area (Å²) in [5.74, 6) is 1.10. The predicted molar refractivity (Wildman–Crippen MR) is 60.0 cm³/mol. The number of likely N-dealkylation sites (N-methyl/N-ethyl adjacent to an activating group) is 1. The van der Waals surface area contributed by atoms with Gasteiger partial charge < -0.3 is 10.4 Å². The maximum absolute atomic E-state index is 9.19. The molecule has 0 aliphatic rings. The van der Waals surface area contributed by atoms with Crippen molar-refractivity contribution in [3.05, 3.63) is 42.0 Å². The molecular formula is C11H14N4O. The second-order valence-corrected chi connectivity index (χ2v) is 3.58. The summed E-state index contributed by atoms with van der Waals surface area (Å²) in [6.07, 6.45) is 2.29. The lowest BCUT2D eigenvalue weighted by Crippen LogP contribution is -2.20. The average molecular weight is 218 g/mol. The van der Waals surface area contributed by atoms with Gasteiger partial charge >= 0.3 is 0 Å². The standard InChI is InChI=1S/C11H14N4O/c1-12-10(11-13-7-14-15-11)6-8-2-4-9(16)5-3-8/h2-5,7,10,12,16H,6H2,1H3,(H,13,14,15). The first kappa shape index (κ1) is 10.6. The quantitative estimate of drug-likeness (QED) is 0.716. The molecule has 3 N–H and O–H groups in total.